The summed E-state index contributed by atoms with van der Waals surface area (Å²) in [6.45, 7) is 13.0. The van der Waals surface area contributed by atoms with Gasteiger partial charge in [-0.15, -0.1) is 0 Å². The highest BCUT2D eigenvalue weighted by Gasteiger charge is 2.43. The molecule has 2 aliphatic rings. The van der Waals surface area contributed by atoms with Crippen molar-refractivity contribution >= 4 is 0 Å². The number of allylic oxidation sites excluding steroid dienone is 4. The van der Waals surface area contributed by atoms with Gasteiger partial charge in [-0.3, -0.25) is 0 Å². The lowest BCUT2D eigenvalue weighted by Gasteiger charge is -2.48. The molecule has 0 saturated heterocycles. The van der Waals surface area contributed by atoms with E-state index < -0.39 is 0 Å². The zero-order chi connectivity index (χ0) is 11.1. The normalized spacial score (nSPS) is 40.0. The largest absolute Gasteiger partial charge is 0.0998 e. The maximum Gasteiger partial charge on any atom is -0.00488 e. The Kier molecular flexibility index (Phi) is 2.62. The molecule has 0 heterocycles. The van der Waals surface area contributed by atoms with Gasteiger partial charge in [-0.2, -0.15) is 0 Å². The van der Waals surface area contributed by atoms with Gasteiger partial charge >= 0.3 is 0 Å². The minimum Gasteiger partial charge on any atom is -0.0998 e. The molecule has 2 aliphatic carbocycles. The molecule has 1 saturated carbocycles. The van der Waals surface area contributed by atoms with Crippen molar-refractivity contribution in [2.75, 3.05) is 0 Å². The number of hydrogen-bond donors (Lipinski definition) is 0. The van der Waals surface area contributed by atoms with Gasteiger partial charge in [0, 0.05) is 0 Å². The second kappa shape index (κ2) is 3.66. The Balaban J connectivity index is 2.36. The fraction of sp³-hybridized carbons (Fsp3) is 0.600. The van der Waals surface area contributed by atoms with Crippen molar-refractivity contribution in [3.63, 3.8) is 0 Å². The average Bonchev–Trinajstić information content (AvgIpc) is 2.16. The Labute approximate surface area is 93.8 Å². The second-order valence-electron chi connectivity index (χ2n) is 5.59. The van der Waals surface area contributed by atoms with E-state index in [2.05, 4.69) is 39.2 Å². The average molecular weight is 202 g/mol. The van der Waals surface area contributed by atoms with Crippen LogP contribution in [-0.2, 0) is 0 Å². The lowest BCUT2D eigenvalue weighted by Crippen LogP contribution is -2.38. The van der Waals surface area contributed by atoms with Gasteiger partial charge in [0.1, 0.15) is 0 Å². The van der Waals surface area contributed by atoms with Crippen molar-refractivity contribution in [2.45, 2.75) is 39.5 Å². The van der Waals surface area contributed by atoms with Crippen molar-refractivity contribution in [3.05, 3.63) is 36.5 Å². The molecular formula is C15H22. The van der Waals surface area contributed by atoms with Crippen molar-refractivity contribution < 1.29 is 0 Å². The fourth-order valence-corrected chi connectivity index (χ4v) is 3.56. The first kappa shape index (κ1) is 10.7. The predicted octanol–water partition coefficient (Wildman–Crippen LogP) is 4.50. The maximum atomic E-state index is 4.28. The molecule has 0 radical (unpaired) electrons. The van der Waals surface area contributed by atoms with Crippen molar-refractivity contribution in [3.8, 4) is 0 Å². The molecule has 15 heavy (non-hydrogen) atoms. The van der Waals surface area contributed by atoms with E-state index in [1.165, 1.54) is 30.4 Å². The van der Waals surface area contributed by atoms with Crippen LogP contribution >= 0.6 is 0 Å². The Morgan fingerprint density at radius 1 is 1.53 bits per heavy atom. The molecule has 0 bridgehead atoms. The quantitative estimate of drug-likeness (QED) is 0.549. The number of fused-ring (bicyclic) bond motifs is 1. The van der Waals surface area contributed by atoms with Crippen LogP contribution in [0.5, 0.6) is 0 Å². The summed E-state index contributed by atoms with van der Waals surface area (Å²) in [4.78, 5) is 0. The van der Waals surface area contributed by atoms with E-state index >= 15 is 0 Å². The minimum absolute atomic E-state index is 0.358. The van der Waals surface area contributed by atoms with Crippen LogP contribution in [0.1, 0.15) is 39.5 Å². The molecule has 0 N–H and O–H groups in total. The van der Waals surface area contributed by atoms with E-state index in [0.717, 1.165) is 6.42 Å². The van der Waals surface area contributed by atoms with Crippen LogP contribution in [0, 0.1) is 17.3 Å². The molecule has 0 heteroatoms. The summed E-state index contributed by atoms with van der Waals surface area (Å²) >= 11 is 0. The van der Waals surface area contributed by atoms with Crippen molar-refractivity contribution in [1.82, 2.24) is 0 Å². The highest BCUT2D eigenvalue weighted by molar-refractivity contribution is 5.26. The first-order valence-electron chi connectivity index (χ1n) is 6.05. The summed E-state index contributed by atoms with van der Waals surface area (Å²) < 4.78 is 0. The summed E-state index contributed by atoms with van der Waals surface area (Å²) in [5, 5.41) is 0. The monoisotopic (exact) mass is 202 g/mol. The van der Waals surface area contributed by atoms with Crippen LogP contribution < -0.4 is 0 Å². The third kappa shape index (κ3) is 1.71. The number of hydrogen-bond acceptors (Lipinski definition) is 0. The smallest absolute Gasteiger partial charge is 0.00488 e. The van der Waals surface area contributed by atoms with Gasteiger partial charge in [0.2, 0.25) is 0 Å². The third-order valence-corrected chi connectivity index (χ3v) is 4.29. The van der Waals surface area contributed by atoms with Crippen LogP contribution in [0.15, 0.2) is 36.5 Å². The molecule has 0 aliphatic heterocycles. The topological polar surface area (TPSA) is 0 Å². The Morgan fingerprint density at radius 3 is 2.93 bits per heavy atom. The molecule has 0 nitrogen and oxygen atoms in total. The van der Waals surface area contributed by atoms with E-state index in [0.29, 0.717) is 17.3 Å². The molecule has 3 atom stereocenters. The fourth-order valence-electron chi connectivity index (χ4n) is 3.56. The third-order valence-electron chi connectivity index (χ3n) is 4.29. The maximum absolute atomic E-state index is 4.28. The molecule has 0 aromatic rings. The molecule has 0 spiro atoms. The van der Waals surface area contributed by atoms with E-state index in [1.54, 1.807) is 0 Å². The van der Waals surface area contributed by atoms with E-state index in [-0.39, 0.29) is 0 Å². The van der Waals surface area contributed by atoms with Crippen molar-refractivity contribution in [2.24, 2.45) is 17.3 Å². The molecular weight excluding hydrogens is 180 g/mol. The molecule has 0 aromatic heterocycles. The van der Waals surface area contributed by atoms with E-state index in [4.69, 9.17) is 0 Å². The summed E-state index contributed by atoms with van der Waals surface area (Å²) in [5.41, 5.74) is 3.13. The SMILES string of the molecule is C=C(C)C1CCCC2(C)C=CCC(=C)C12. The van der Waals surface area contributed by atoms with Gasteiger partial charge in [0.25, 0.3) is 0 Å². The van der Waals surface area contributed by atoms with Crippen LogP contribution in [0.4, 0.5) is 0 Å². The first-order valence-corrected chi connectivity index (χ1v) is 6.05. The molecule has 82 valence electrons. The zero-order valence-electron chi connectivity index (χ0n) is 10.1. The Bertz CT molecular complexity index is 321. The van der Waals surface area contributed by atoms with Gasteiger partial charge in [-0.1, -0.05) is 49.8 Å². The summed E-state index contributed by atoms with van der Waals surface area (Å²) in [6, 6.07) is 0. The van der Waals surface area contributed by atoms with Crippen LogP contribution in [0.25, 0.3) is 0 Å². The van der Waals surface area contributed by atoms with Gasteiger partial charge in [-0.05, 0) is 43.4 Å². The standard InChI is InChI=1S/C15H22/c1-11(2)13-8-6-10-15(4)9-5-7-12(3)14(13)15/h5,9,13-14H,1,3,6-8,10H2,2,4H3. The number of rotatable bonds is 1. The summed E-state index contributed by atoms with van der Waals surface area (Å²) in [7, 11) is 0. The van der Waals surface area contributed by atoms with Crippen molar-refractivity contribution in [1.29, 1.82) is 0 Å². The van der Waals surface area contributed by atoms with Crippen LogP contribution in [-0.4, -0.2) is 0 Å². The minimum atomic E-state index is 0.358. The van der Waals surface area contributed by atoms with Crippen LogP contribution in [0.3, 0.4) is 0 Å². The van der Waals surface area contributed by atoms with Gasteiger partial charge in [0.05, 0.1) is 0 Å². The van der Waals surface area contributed by atoms with E-state index in [1.807, 2.05) is 0 Å². The lowest BCUT2D eigenvalue weighted by atomic mass is 9.56. The molecule has 1 fully saturated rings. The first-order chi connectivity index (χ1) is 7.04. The van der Waals surface area contributed by atoms with Crippen LogP contribution in [0.2, 0.25) is 0 Å². The molecule has 3 unspecified atom stereocenters. The second-order valence-corrected chi connectivity index (χ2v) is 5.59. The van der Waals surface area contributed by atoms with Gasteiger partial charge < -0.3 is 0 Å². The predicted molar refractivity (Wildman–Crippen MR) is 66.6 cm³/mol. The Morgan fingerprint density at radius 2 is 2.27 bits per heavy atom. The van der Waals surface area contributed by atoms with Gasteiger partial charge in [0.15, 0.2) is 0 Å². The summed E-state index contributed by atoms with van der Waals surface area (Å²) in [5.74, 6) is 1.31. The Hall–Kier alpha value is -0.780. The van der Waals surface area contributed by atoms with Gasteiger partial charge in [-0.25, -0.2) is 0 Å². The lowest BCUT2D eigenvalue weighted by molar-refractivity contribution is 0.145. The highest BCUT2D eigenvalue weighted by Crippen LogP contribution is 2.53. The summed E-state index contributed by atoms with van der Waals surface area (Å²) in [6.07, 6.45) is 9.77. The molecule has 0 amide bonds. The zero-order valence-corrected chi connectivity index (χ0v) is 10.1. The molecule has 2 rings (SSSR count). The highest BCUT2D eigenvalue weighted by atomic mass is 14.5. The molecule has 0 aromatic carbocycles. The van der Waals surface area contributed by atoms with E-state index in [9.17, 15) is 0 Å².